The zero-order valence-corrected chi connectivity index (χ0v) is 17.4. The van der Waals surface area contributed by atoms with Crippen molar-refractivity contribution in [2.24, 2.45) is 0 Å². The van der Waals surface area contributed by atoms with Gasteiger partial charge in [-0.05, 0) is 35.4 Å². The van der Waals surface area contributed by atoms with Gasteiger partial charge in [-0.1, -0.05) is 31.8 Å². The molecule has 0 aliphatic rings. The standard InChI is InChI=1S/C21H24N4O2Si/c1-28(2,3)11-10-27-14-25-20-17-5-4-16(15-6-8-22-9-7-15)12-19(17)24-21(26)18(20)13-23-25/h4-9,12-13H,10-11,14H2,1-3H3,(H,24,26). The maximum absolute atomic E-state index is 12.6. The van der Waals surface area contributed by atoms with Gasteiger partial charge in [-0.25, -0.2) is 4.68 Å². The molecule has 0 spiro atoms. The van der Waals surface area contributed by atoms with E-state index in [0.717, 1.165) is 33.6 Å². The lowest BCUT2D eigenvalue weighted by molar-refractivity contribution is 0.0818. The van der Waals surface area contributed by atoms with E-state index in [9.17, 15) is 4.79 Å². The monoisotopic (exact) mass is 392 g/mol. The van der Waals surface area contributed by atoms with Crippen LogP contribution in [0.15, 0.2) is 53.7 Å². The fourth-order valence-electron chi connectivity index (χ4n) is 3.23. The predicted molar refractivity (Wildman–Crippen MR) is 115 cm³/mol. The molecule has 0 radical (unpaired) electrons. The van der Waals surface area contributed by atoms with Gasteiger partial charge in [-0.2, -0.15) is 5.10 Å². The number of aromatic nitrogens is 4. The molecule has 0 amide bonds. The second-order valence-corrected chi connectivity index (χ2v) is 13.8. The molecule has 4 aromatic rings. The van der Waals surface area contributed by atoms with Crippen molar-refractivity contribution in [3.8, 4) is 11.1 Å². The average molecular weight is 393 g/mol. The third kappa shape index (κ3) is 3.76. The van der Waals surface area contributed by atoms with Crippen molar-refractivity contribution in [2.75, 3.05) is 6.61 Å². The zero-order valence-electron chi connectivity index (χ0n) is 16.4. The Hall–Kier alpha value is -2.77. The molecule has 0 bridgehead atoms. The van der Waals surface area contributed by atoms with Crippen molar-refractivity contribution in [1.29, 1.82) is 0 Å². The Morgan fingerprint density at radius 2 is 1.86 bits per heavy atom. The first-order chi connectivity index (χ1) is 13.4. The first-order valence-corrected chi connectivity index (χ1v) is 13.1. The van der Waals surface area contributed by atoms with Crippen LogP contribution in [0.25, 0.3) is 32.9 Å². The van der Waals surface area contributed by atoms with Crippen LogP contribution in [0.2, 0.25) is 25.7 Å². The van der Waals surface area contributed by atoms with Crippen LogP contribution < -0.4 is 5.56 Å². The number of aromatic amines is 1. The van der Waals surface area contributed by atoms with E-state index in [-0.39, 0.29) is 5.56 Å². The summed E-state index contributed by atoms with van der Waals surface area (Å²) in [6, 6.07) is 11.1. The molecule has 0 atom stereocenters. The Bertz CT molecular complexity index is 1180. The third-order valence-corrected chi connectivity index (χ3v) is 6.53. The number of nitrogens with zero attached hydrogens (tertiary/aromatic N) is 3. The van der Waals surface area contributed by atoms with E-state index in [1.54, 1.807) is 23.3 Å². The highest BCUT2D eigenvalue weighted by molar-refractivity contribution is 6.76. The van der Waals surface area contributed by atoms with Gasteiger partial charge in [0.1, 0.15) is 6.73 Å². The Kier molecular flexibility index (Phi) is 4.86. The van der Waals surface area contributed by atoms with Gasteiger partial charge in [0.2, 0.25) is 0 Å². The largest absolute Gasteiger partial charge is 0.360 e. The van der Waals surface area contributed by atoms with E-state index < -0.39 is 8.07 Å². The number of rotatable bonds is 6. The molecule has 4 rings (SSSR count). The van der Waals surface area contributed by atoms with Gasteiger partial charge in [-0.15, -0.1) is 0 Å². The van der Waals surface area contributed by atoms with Crippen molar-refractivity contribution in [1.82, 2.24) is 19.7 Å². The van der Waals surface area contributed by atoms with E-state index >= 15 is 0 Å². The number of benzene rings is 1. The van der Waals surface area contributed by atoms with E-state index in [2.05, 4.69) is 40.8 Å². The molecule has 0 saturated carbocycles. The van der Waals surface area contributed by atoms with Gasteiger partial charge in [0.15, 0.2) is 0 Å². The summed E-state index contributed by atoms with van der Waals surface area (Å²) in [5, 5.41) is 5.93. The van der Waals surface area contributed by atoms with Gasteiger partial charge in [0, 0.05) is 32.5 Å². The van der Waals surface area contributed by atoms with Gasteiger partial charge >= 0.3 is 0 Å². The molecule has 1 N–H and O–H groups in total. The van der Waals surface area contributed by atoms with E-state index in [0.29, 0.717) is 18.7 Å². The molecule has 0 fully saturated rings. The minimum atomic E-state index is -1.14. The van der Waals surface area contributed by atoms with E-state index in [1.807, 2.05) is 24.3 Å². The summed E-state index contributed by atoms with van der Waals surface area (Å²) in [6.45, 7) is 8.04. The highest BCUT2D eigenvalue weighted by Crippen LogP contribution is 2.26. The summed E-state index contributed by atoms with van der Waals surface area (Å²) in [5.41, 5.74) is 3.55. The summed E-state index contributed by atoms with van der Waals surface area (Å²) >= 11 is 0. The van der Waals surface area contributed by atoms with Gasteiger partial charge in [0.05, 0.1) is 22.6 Å². The lowest BCUT2D eigenvalue weighted by atomic mass is 10.0. The van der Waals surface area contributed by atoms with Crippen LogP contribution in [0.1, 0.15) is 0 Å². The molecular weight excluding hydrogens is 368 g/mol. The first-order valence-electron chi connectivity index (χ1n) is 9.42. The highest BCUT2D eigenvalue weighted by Gasteiger charge is 2.14. The summed E-state index contributed by atoms with van der Waals surface area (Å²) < 4.78 is 7.64. The van der Waals surface area contributed by atoms with E-state index in [4.69, 9.17) is 4.74 Å². The molecule has 144 valence electrons. The average Bonchev–Trinajstić information content (AvgIpc) is 3.10. The third-order valence-electron chi connectivity index (χ3n) is 4.83. The highest BCUT2D eigenvalue weighted by atomic mass is 28.3. The number of fused-ring (bicyclic) bond motifs is 3. The van der Waals surface area contributed by atoms with Crippen LogP contribution in [0.3, 0.4) is 0 Å². The normalized spacial score (nSPS) is 12.1. The summed E-state index contributed by atoms with van der Waals surface area (Å²) in [6.07, 6.45) is 5.14. The van der Waals surface area contributed by atoms with Gasteiger partial charge in [0.25, 0.3) is 5.56 Å². The fourth-order valence-corrected chi connectivity index (χ4v) is 3.99. The molecule has 28 heavy (non-hydrogen) atoms. The fraction of sp³-hybridized carbons (Fsp3) is 0.286. The van der Waals surface area contributed by atoms with Gasteiger partial charge < -0.3 is 9.72 Å². The smallest absolute Gasteiger partial charge is 0.259 e. The van der Waals surface area contributed by atoms with E-state index in [1.165, 1.54) is 0 Å². The molecule has 0 saturated heterocycles. The lowest BCUT2D eigenvalue weighted by Gasteiger charge is -2.15. The van der Waals surface area contributed by atoms with Crippen LogP contribution in [0, 0.1) is 0 Å². The molecule has 3 aromatic heterocycles. The Morgan fingerprint density at radius 1 is 1.07 bits per heavy atom. The molecule has 6 nitrogen and oxygen atoms in total. The van der Waals surface area contributed by atoms with Crippen LogP contribution >= 0.6 is 0 Å². The van der Waals surface area contributed by atoms with Crippen LogP contribution in [0.4, 0.5) is 0 Å². The predicted octanol–water partition coefficient (Wildman–Crippen LogP) is 4.25. The zero-order chi connectivity index (χ0) is 19.7. The summed E-state index contributed by atoms with van der Waals surface area (Å²) in [4.78, 5) is 19.6. The number of nitrogens with one attached hydrogen (secondary N) is 1. The Balaban J connectivity index is 1.72. The lowest BCUT2D eigenvalue weighted by Crippen LogP contribution is -2.22. The Labute approximate surface area is 164 Å². The number of hydrogen-bond donors (Lipinski definition) is 1. The van der Waals surface area contributed by atoms with Crippen molar-refractivity contribution in [2.45, 2.75) is 32.4 Å². The van der Waals surface area contributed by atoms with Crippen LogP contribution in [-0.4, -0.2) is 34.4 Å². The molecular formula is C21H24N4O2Si. The molecule has 0 aliphatic carbocycles. The number of H-pyrrole nitrogens is 1. The van der Waals surface area contributed by atoms with Crippen molar-refractivity contribution in [3.05, 3.63) is 59.3 Å². The quantitative estimate of drug-likeness (QED) is 0.393. The number of pyridine rings is 2. The van der Waals surface area contributed by atoms with Crippen LogP contribution in [0.5, 0.6) is 0 Å². The number of hydrogen-bond acceptors (Lipinski definition) is 4. The minimum absolute atomic E-state index is 0.136. The second kappa shape index (κ2) is 7.33. The molecule has 7 heteroatoms. The number of ether oxygens (including phenoxy) is 1. The van der Waals surface area contributed by atoms with Gasteiger partial charge in [-0.3, -0.25) is 9.78 Å². The molecule has 3 heterocycles. The van der Waals surface area contributed by atoms with Crippen molar-refractivity contribution < 1.29 is 4.74 Å². The Morgan fingerprint density at radius 3 is 2.61 bits per heavy atom. The second-order valence-electron chi connectivity index (χ2n) is 8.20. The molecule has 0 unspecified atom stereocenters. The summed E-state index contributed by atoms with van der Waals surface area (Å²) in [7, 11) is -1.14. The minimum Gasteiger partial charge on any atom is -0.360 e. The maximum atomic E-state index is 12.6. The first kappa shape index (κ1) is 18.6. The maximum Gasteiger partial charge on any atom is 0.259 e. The van der Waals surface area contributed by atoms with Crippen molar-refractivity contribution in [3.63, 3.8) is 0 Å². The topological polar surface area (TPSA) is 72.8 Å². The summed E-state index contributed by atoms with van der Waals surface area (Å²) in [5.74, 6) is 0. The SMILES string of the molecule is C[Si](C)(C)CCOCn1ncc2c(=O)[nH]c3cc(-c4ccncc4)ccc3c21. The molecule has 0 aliphatic heterocycles. The van der Waals surface area contributed by atoms with Crippen LogP contribution in [-0.2, 0) is 11.5 Å². The van der Waals surface area contributed by atoms with Crippen molar-refractivity contribution >= 4 is 29.9 Å². The molecule has 1 aromatic carbocycles.